The van der Waals surface area contributed by atoms with Gasteiger partial charge in [0.25, 0.3) is 11.1 Å². The largest absolute Gasteiger partial charge is 0.497 e. The average Bonchev–Trinajstić information content (AvgIpc) is 2.77. The van der Waals surface area contributed by atoms with Crippen molar-refractivity contribution in [2.24, 2.45) is 0 Å². The van der Waals surface area contributed by atoms with Crippen molar-refractivity contribution in [3.8, 4) is 5.75 Å². The summed E-state index contributed by atoms with van der Waals surface area (Å²) in [6.07, 6.45) is 1.74. The maximum atomic E-state index is 12.2. The van der Waals surface area contributed by atoms with Crippen molar-refractivity contribution in [1.29, 1.82) is 0 Å². The van der Waals surface area contributed by atoms with E-state index in [0.29, 0.717) is 9.49 Å². The van der Waals surface area contributed by atoms with Gasteiger partial charge in [-0.1, -0.05) is 23.5 Å². The molecular formula is C14H11N3O3S. The van der Waals surface area contributed by atoms with Gasteiger partial charge in [0.1, 0.15) is 11.4 Å². The summed E-state index contributed by atoms with van der Waals surface area (Å²) in [5, 5.41) is 3.96. The molecule has 0 saturated heterocycles. The Kier molecular flexibility index (Phi) is 3.26. The summed E-state index contributed by atoms with van der Waals surface area (Å²) in [7, 11) is 1.59. The molecule has 0 atom stereocenters. The van der Waals surface area contributed by atoms with Crippen molar-refractivity contribution in [1.82, 2.24) is 14.6 Å². The Bertz CT molecular complexity index is 974. The first kappa shape index (κ1) is 13.4. The highest BCUT2D eigenvalue weighted by molar-refractivity contribution is 7.15. The van der Waals surface area contributed by atoms with Crippen LogP contribution in [0, 0.1) is 6.92 Å². The number of aryl methyl sites for hydroxylation is 1. The molecule has 7 heteroatoms. The smallest absolute Gasteiger partial charge is 0.295 e. The fourth-order valence-corrected chi connectivity index (χ4v) is 2.74. The number of methoxy groups -OCH3 is 1. The highest BCUT2D eigenvalue weighted by Crippen LogP contribution is 2.11. The standard InChI is InChI=1S/C14H11N3O3S/c1-8-12(18)15-14-17(16-8)13(19)11(21-14)7-9-3-5-10(20-2)6-4-9/h3-7H,1-2H3/b11-7-. The summed E-state index contributed by atoms with van der Waals surface area (Å²) in [6, 6.07) is 7.32. The molecular weight excluding hydrogens is 290 g/mol. The maximum Gasteiger partial charge on any atom is 0.295 e. The van der Waals surface area contributed by atoms with Gasteiger partial charge in [-0.25, -0.2) is 0 Å². The van der Waals surface area contributed by atoms with Crippen LogP contribution in [0.25, 0.3) is 11.0 Å². The second kappa shape index (κ2) is 5.10. The van der Waals surface area contributed by atoms with Gasteiger partial charge in [0, 0.05) is 0 Å². The van der Waals surface area contributed by atoms with Crippen molar-refractivity contribution in [2.75, 3.05) is 7.11 Å². The van der Waals surface area contributed by atoms with Crippen molar-refractivity contribution < 1.29 is 4.74 Å². The molecule has 0 fully saturated rings. The quantitative estimate of drug-likeness (QED) is 0.684. The lowest BCUT2D eigenvalue weighted by Gasteiger charge is -1.98. The molecule has 6 nitrogen and oxygen atoms in total. The van der Waals surface area contributed by atoms with Crippen LogP contribution in [-0.4, -0.2) is 21.7 Å². The minimum atomic E-state index is -0.410. The Labute approximate surface area is 123 Å². The van der Waals surface area contributed by atoms with Crippen molar-refractivity contribution in [2.45, 2.75) is 6.92 Å². The Hall–Kier alpha value is -2.54. The van der Waals surface area contributed by atoms with Gasteiger partial charge in [-0.15, -0.1) is 0 Å². The number of fused-ring (bicyclic) bond motifs is 1. The number of aromatic nitrogens is 3. The second-order valence-electron chi connectivity index (χ2n) is 4.39. The molecule has 0 N–H and O–H groups in total. The van der Waals surface area contributed by atoms with Gasteiger partial charge in [-0.05, 0) is 30.7 Å². The molecule has 0 bridgehead atoms. The topological polar surface area (TPSA) is 73.6 Å². The van der Waals surface area contributed by atoms with Gasteiger partial charge in [-0.3, -0.25) is 9.59 Å². The van der Waals surface area contributed by atoms with E-state index in [-0.39, 0.29) is 11.3 Å². The summed E-state index contributed by atoms with van der Waals surface area (Å²) in [6.45, 7) is 1.53. The van der Waals surface area contributed by atoms with E-state index >= 15 is 0 Å². The van der Waals surface area contributed by atoms with E-state index in [1.165, 1.54) is 6.92 Å². The number of benzene rings is 1. The van der Waals surface area contributed by atoms with Crippen LogP contribution in [0.2, 0.25) is 0 Å². The Balaban J connectivity index is 2.19. The summed E-state index contributed by atoms with van der Waals surface area (Å²) in [5.41, 5.74) is 0.381. The first-order chi connectivity index (χ1) is 10.1. The lowest BCUT2D eigenvalue weighted by atomic mass is 10.2. The van der Waals surface area contributed by atoms with Gasteiger partial charge < -0.3 is 4.74 Å². The number of rotatable bonds is 2. The number of thiazole rings is 1. The van der Waals surface area contributed by atoms with E-state index in [4.69, 9.17) is 4.74 Å². The van der Waals surface area contributed by atoms with Crippen LogP contribution in [0.4, 0.5) is 0 Å². The Morgan fingerprint density at radius 1 is 1.24 bits per heavy atom. The van der Waals surface area contributed by atoms with E-state index in [1.807, 2.05) is 24.3 Å². The molecule has 3 aromatic rings. The highest BCUT2D eigenvalue weighted by atomic mass is 32.1. The molecule has 0 radical (unpaired) electrons. The summed E-state index contributed by atoms with van der Waals surface area (Å²) < 4.78 is 6.73. The van der Waals surface area contributed by atoms with Crippen LogP contribution in [0.15, 0.2) is 33.9 Å². The number of nitrogens with zero attached hydrogens (tertiary/aromatic N) is 3. The summed E-state index contributed by atoms with van der Waals surface area (Å²) in [4.78, 5) is 27.9. The van der Waals surface area contributed by atoms with E-state index in [9.17, 15) is 9.59 Å². The van der Waals surface area contributed by atoms with Crippen molar-refractivity contribution in [3.05, 3.63) is 60.8 Å². The molecule has 1 aromatic carbocycles. The fraction of sp³-hybridized carbons (Fsp3) is 0.143. The van der Waals surface area contributed by atoms with Crippen LogP contribution in [-0.2, 0) is 0 Å². The van der Waals surface area contributed by atoms with Gasteiger partial charge in [0.2, 0.25) is 4.96 Å². The zero-order chi connectivity index (χ0) is 15.0. The molecule has 2 aromatic heterocycles. The number of ether oxygens (including phenoxy) is 1. The first-order valence-electron chi connectivity index (χ1n) is 6.15. The van der Waals surface area contributed by atoms with Crippen molar-refractivity contribution in [3.63, 3.8) is 0 Å². The Morgan fingerprint density at radius 2 is 1.95 bits per heavy atom. The third-order valence-electron chi connectivity index (χ3n) is 2.96. The van der Waals surface area contributed by atoms with Crippen LogP contribution in [0.1, 0.15) is 11.3 Å². The molecule has 3 rings (SSSR count). The minimum absolute atomic E-state index is 0.207. The third kappa shape index (κ3) is 2.43. The molecule has 0 saturated carbocycles. The van der Waals surface area contributed by atoms with Crippen LogP contribution in [0.5, 0.6) is 5.75 Å². The molecule has 0 aliphatic rings. The molecule has 0 aliphatic carbocycles. The Morgan fingerprint density at radius 3 is 2.62 bits per heavy atom. The molecule has 0 spiro atoms. The first-order valence-corrected chi connectivity index (χ1v) is 6.96. The van der Waals surface area contributed by atoms with Gasteiger partial charge in [-0.2, -0.15) is 14.6 Å². The van der Waals surface area contributed by atoms with Crippen LogP contribution < -0.4 is 20.4 Å². The fourth-order valence-electron chi connectivity index (χ4n) is 1.84. The molecule has 0 amide bonds. The van der Waals surface area contributed by atoms with E-state index in [1.54, 1.807) is 13.2 Å². The third-order valence-corrected chi connectivity index (χ3v) is 3.92. The maximum absolute atomic E-state index is 12.2. The lowest BCUT2D eigenvalue weighted by Crippen LogP contribution is -2.27. The molecule has 0 aliphatic heterocycles. The second-order valence-corrected chi connectivity index (χ2v) is 5.39. The van der Waals surface area contributed by atoms with Crippen molar-refractivity contribution >= 4 is 22.4 Å². The van der Waals surface area contributed by atoms with E-state index in [2.05, 4.69) is 10.1 Å². The SMILES string of the molecule is COc1ccc(/C=c2\sc3nc(=O)c(C)nn3c2=O)cc1. The summed E-state index contributed by atoms with van der Waals surface area (Å²) >= 11 is 1.14. The monoisotopic (exact) mass is 301 g/mol. The zero-order valence-electron chi connectivity index (χ0n) is 11.4. The van der Waals surface area contributed by atoms with Crippen LogP contribution >= 0.6 is 11.3 Å². The molecule has 2 heterocycles. The predicted octanol–water partition coefficient (Wildman–Crippen LogP) is 0.376. The average molecular weight is 301 g/mol. The minimum Gasteiger partial charge on any atom is -0.497 e. The number of hydrogen-bond acceptors (Lipinski definition) is 6. The highest BCUT2D eigenvalue weighted by Gasteiger charge is 2.08. The van der Waals surface area contributed by atoms with E-state index in [0.717, 1.165) is 27.2 Å². The van der Waals surface area contributed by atoms with Gasteiger partial charge in [0.05, 0.1) is 11.6 Å². The van der Waals surface area contributed by atoms with Gasteiger partial charge in [0.15, 0.2) is 0 Å². The summed E-state index contributed by atoms with van der Waals surface area (Å²) in [5.74, 6) is 0.746. The number of hydrogen-bond donors (Lipinski definition) is 0. The predicted molar refractivity (Wildman–Crippen MR) is 79.9 cm³/mol. The molecule has 106 valence electrons. The van der Waals surface area contributed by atoms with Crippen LogP contribution in [0.3, 0.4) is 0 Å². The van der Waals surface area contributed by atoms with E-state index < -0.39 is 5.56 Å². The molecule has 21 heavy (non-hydrogen) atoms. The van der Waals surface area contributed by atoms with Gasteiger partial charge >= 0.3 is 0 Å². The zero-order valence-corrected chi connectivity index (χ0v) is 12.2. The normalized spacial score (nSPS) is 12.0. The molecule has 0 unspecified atom stereocenters. The lowest BCUT2D eigenvalue weighted by molar-refractivity contribution is 0.415.